The van der Waals surface area contributed by atoms with E-state index in [0.29, 0.717) is 0 Å². The monoisotopic (exact) mass is 170 g/mol. The SMILES string of the molecule is CCCCOC.O=[PH](O)O. The van der Waals surface area contributed by atoms with Crippen LogP contribution in [0.15, 0.2) is 0 Å². The van der Waals surface area contributed by atoms with E-state index in [1.807, 2.05) is 0 Å². The Morgan fingerprint density at radius 2 is 1.90 bits per heavy atom. The highest BCUT2D eigenvalue weighted by Gasteiger charge is 1.74. The molecule has 2 N–H and O–H groups in total. The lowest BCUT2D eigenvalue weighted by molar-refractivity contribution is 0.194. The van der Waals surface area contributed by atoms with E-state index in [1.165, 1.54) is 12.8 Å². The van der Waals surface area contributed by atoms with Gasteiger partial charge in [-0.1, -0.05) is 13.3 Å². The maximum atomic E-state index is 8.74. The van der Waals surface area contributed by atoms with Crippen molar-refractivity contribution in [1.29, 1.82) is 0 Å². The zero-order chi connectivity index (χ0) is 8.41. The van der Waals surface area contributed by atoms with Crippen LogP contribution in [-0.4, -0.2) is 23.5 Å². The summed E-state index contributed by atoms with van der Waals surface area (Å²) in [5.74, 6) is 0. The van der Waals surface area contributed by atoms with Crippen molar-refractivity contribution in [2.24, 2.45) is 0 Å². The zero-order valence-corrected chi connectivity index (χ0v) is 7.33. The van der Waals surface area contributed by atoms with Crippen molar-refractivity contribution in [3.05, 3.63) is 0 Å². The molecule has 0 bridgehead atoms. The second-order valence-corrected chi connectivity index (χ2v) is 2.19. The standard InChI is InChI=1S/C5H12O.H3O3P/c1-3-4-5-6-2;1-4(2)3/h3-5H2,1-2H3;4H,(H2,1,2,3). The molecule has 0 rings (SSSR count). The Bertz CT molecular complexity index is 68.0. The highest BCUT2D eigenvalue weighted by atomic mass is 31.1. The van der Waals surface area contributed by atoms with Gasteiger partial charge in [0.2, 0.25) is 0 Å². The van der Waals surface area contributed by atoms with Gasteiger partial charge in [-0.15, -0.1) is 0 Å². The van der Waals surface area contributed by atoms with Crippen molar-refractivity contribution in [2.45, 2.75) is 19.8 Å². The molecule has 0 unspecified atom stereocenters. The largest absolute Gasteiger partial charge is 0.385 e. The third-order valence-corrected chi connectivity index (χ3v) is 0.702. The summed E-state index contributed by atoms with van der Waals surface area (Å²) in [7, 11) is -1.40. The molecule has 0 spiro atoms. The van der Waals surface area contributed by atoms with Crippen molar-refractivity contribution in [1.82, 2.24) is 0 Å². The summed E-state index contributed by atoms with van der Waals surface area (Å²) in [6, 6.07) is 0. The Morgan fingerprint density at radius 3 is 2.00 bits per heavy atom. The van der Waals surface area contributed by atoms with Crippen LogP contribution in [0, 0.1) is 0 Å². The Kier molecular flexibility index (Phi) is 15.1. The van der Waals surface area contributed by atoms with Crippen LogP contribution in [0.25, 0.3) is 0 Å². The highest BCUT2D eigenvalue weighted by Crippen LogP contribution is 1.98. The molecule has 0 atom stereocenters. The number of hydrogen-bond donors (Lipinski definition) is 2. The van der Waals surface area contributed by atoms with E-state index in [-0.39, 0.29) is 0 Å². The second-order valence-electron chi connectivity index (χ2n) is 1.63. The van der Waals surface area contributed by atoms with Crippen LogP contribution >= 0.6 is 8.25 Å². The fourth-order valence-corrected chi connectivity index (χ4v) is 0.289. The average Bonchev–Trinajstić information content (AvgIpc) is 1.82. The molecule has 0 fully saturated rings. The number of methoxy groups -OCH3 is 1. The van der Waals surface area contributed by atoms with E-state index in [4.69, 9.17) is 19.1 Å². The first kappa shape index (κ1) is 12.8. The van der Waals surface area contributed by atoms with Gasteiger partial charge in [0.05, 0.1) is 0 Å². The van der Waals surface area contributed by atoms with Gasteiger partial charge in [0.25, 0.3) is 0 Å². The van der Waals surface area contributed by atoms with E-state index in [1.54, 1.807) is 7.11 Å². The predicted molar refractivity (Wildman–Crippen MR) is 40.2 cm³/mol. The third kappa shape index (κ3) is 42.4. The van der Waals surface area contributed by atoms with E-state index in [9.17, 15) is 0 Å². The van der Waals surface area contributed by atoms with Crippen LogP contribution in [0.3, 0.4) is 0 Å². The van der Waals surface area contributed by atoms with Crippen molar-refractivity contribution < 1.29 is 19.1 Å². The van der Waals surface area contributed by atoms with Gasteiger partial charge in [-0.05, 0) is 6.42 Å². The van der Waals surface area contributed by atoms with Gasteiger partial charge in [0.1, 0.15) is 0 Å². The predicted octanol–water partition coefficient (Wildman–Crippen LogP) is 0.794. The van der Waals surface area contributed by atoms with Crippen LogP contribution in [0.4, 0.5) is 0 Å². The molecule has 0 aromatic carbocycles. The minimum absolute atomic E-state index is 0.913. The fraction of sp³-hybridized carbons (Fsp3) is 1.00. The first-order chi connectivity index (χ1) is 4.65. The maximum absolute atomic E-state index is 8.74. The Labute approximate surface area is 61.8 Å². The van der Waals surface area contributed by atoms with Crippen LogP contribution in [0.2, 0.25) is 0 Å². The molecule has 0 radical (unpaired) electrons. The minimum Gasteiger partial charge on any atom is -0.385 e. The Balaban J connectivity index is 0. The topological polar surface area (TPSA) is 66.8 Å². The number of ether oxygens (including phenoxy) is 1. The number of hydrogen-bond acceptors (Lipinski definition) is 2. The molecule has 0 aliphatic heterocycles. The molecular formula is C5H15O4P. The number of unbranched alkanes of at least 4 members (excludes halogenated alkanes) is 1. The molecule has 0 aromatic rings. The molecule has 10 heavy (non-hydrogen) atoms. The van der Waals surface area contributed by atoms with Crippen molar-refractivity contribution in [3.8, 4) is 0 Å². The summed E-state index contributed by atoms with van der Waals surface area (Å²) in [6.45, 7) is 3.07. The molecule has 0 amide bonds. The summed E-state index contributed by atoms with van der Waals surface area (Å²) in [5.41, 5.74) is 0. The van der Waals surface area contributed by atoms with E-state index in [0.717, 1.165) is 6.61 Å². The number of rotatable bonds is 3. The normalized spacial score (nSPS) is 8.90. The van der Waals surface area contributed by atoms with Gasteiger partial charge in [-0.3, -0.25) is 4.57 Å². The summed E-state index contributed by atoms with van der Waals surface area (Å²) in [5, 5.41) is 0. The van der Waals surface area contributed by atoms with Crippen LogP contribution in [0.1, 0.15) is 19.8 Å². The molecule has 0 heterocycles. The molecular weight excluding hydrogens is 155 g/mol. The lowest BCUT2D eigenvalue weighted by Crippen LogP contribution is -1.84. The Hall–Kier alpha value is 0.110. The van der Waals surface area contributed by atoms with Gasteiger partial charge < -0.3 is 14.5 Å². The van der Waals surface area contributed by atoms with E-state index < -0.39 is 8.25 Å². The molecule has 0 aromatic heterocycles. The summed E-state index contributed by atoms with van der Waals surface area (Å²) < 4.78 is 13.5. The minimum atomic E-state index is -3.13. The van der Waals surface area contributed by atoms with Gasteiger partial charge in [0, 0.05) is 13.7 Å². The molecule has 5 heteroatoms. The first-order valence-corrected chi connectivity index (χ1v) is 4.36. The molecule has 0 saturated heterocycles. The van der Waals surface area contributed by atoms with Gasteiger partial charge >= 0.3 is 8.25 Å². The quantitative estimate of drug-likeness (QED) is 0.485. The lowest BCUT2D eigenvalue weighted by atomic mass is 10.4. The zero-order valence-electron chi connectivity index (χ0n) is 6.33. The molecule has 64 valence electrons. The van der Waals surface area contributed by atoms with Crippen LogP contribution in [0.5, 0.6) is 0 Å². The fourth-order valence-electron chi connectivity index (χ4n) is 0.289. The van der Waals surface area contributed by atoms with Crippen LogP contribution in [-0.2, 0) is 9.30 Å². The molecule has 4 nitrogen and oxygen atoms in total. The van der Waals surface area contributed by atoms with Crippen molar-refractivity contribution in [3.63, 3.8) is 0 Å². The Morgan fingerprint density at radius 1 is 1.50 bits per heavy atom. The maximum Gasteiger partial charge on any atom is 0.314 e. The molecule has 0 aliphatic carbocycles. The highest BCUT2D eigenvalue weighted by molar-refractivity contribution is 7.30. The van der Waals surface area contributed by atoms with Gasteiger partial charge in [0.15, 0.2) is 0 Å². The second kappa shape index (κ2) is 11.9. The summed E-state index contributed by atoms with van der Waals surface area (Å²) >= 11 is 0. The van der Waals surface area contributed by atoms with Crippen molar-refractivity contribution >= 4 is 8.25 Å². The first-order valence-electron chi connectivity index (χ1n) is 3.06. The molecule has 0 saturated carbocycles. The van der Waals surface area contributed by atoms with Gasteiger partial charge in [-0.25, -0.2) is 0 Å². The third-order valence-electron chi connectivity index (χ3n) is 0.702. The van der Waals surface area contributed by atoms with Crippen LogP contribution < -0.4 is 0 Å². The summed E-state index contributed by atoms with van der Waals surface area (Å²) in [6.07, 6.45) is 2.42. The smallest absolute Gasteiger partial charge is 0.314 e. The van der Waals surface area contributed by atoms with E-state index in [2.05, 4.69) is 6.92 Å². The average molecular weight is 170 g/mol. The van der Waals surface area contributed by atoms with E-state index >= 15 is 0 Å². The summed E-state index contributed by atoms with van der Waals surface area (Å²) in [4.78, 5) is 14.3. The van der Waals surface area contributed by atoms with Gasteiger partial charge in [-0.2, -0.15) is 0 Å². The lowest BCUT2D eigenvalue weighted by Gasteiger charge is -1.89. The van der Waals surface area contributed by atoms with Crippen molar-refractivity contribution in [2.75, 3.05) is 13.7 Å². The molecule has 0 aliphatic rings.